The van der Waals surface area contributed by atoms with Crippen LogP contribution in [0.5, 0.6) is 0 Å². The minimum absolute atomic E-state index is 0.0371. The SMILES string of the molecule is Cc1ccc(Br)cc1C(=O)Nc1c(N)ccc(F)c1F. The zero-order chi connectivity index (χ0) is 14.9. The summed E-state index contributed by atoms with van der Waals surface area (Å²) in [4.78, 5) is 12.1. The number of aryl methyl sites for hydroxylation is 1. The van der Waals surface area contributed by atoms with Crippen molar-refractivity contribution in [2.45, 2.75) is 6.92 Å². The van der Waals surface area contributed by atoms with Gasteiger partial charge in [0.2, 0.25) is 0 Å². The highest BCUT2D eigenvalue weighted by Gasteiger charge is 2.16. The summed E-state index contributed by atoms with van der Waals surface area (Å²) in [5.74, 6) is -2.80. The minimum atomic E-state index is -1.18. The quantitative estimate of drug-likeness (QED) is 0.815. The van der Waals surface area contributed by atoms with Crippen molar-refractivity contribution >= 4 is 33.2 Å². The van der Waals surface area contributed by atoms with Gasteiger partial charge in [0.15, 0.2) is 11.6 Å². The summed E-state index contributed by atoms with van der Waals surface area (Å²) < 4.78 is 27.5. The molecule has 0 aromatic heterocycles. The fourth-order valence-electron chi connectivity index (χ4n) is 1.71. The van der Waals surface area contributed by atoms with Gasteiger partial charge in [0.1, 0.15) is 5.69 Å². The Morgan fingerprint density at radius 1 is 1.25 bits per heavy atom. The number of hydrogen-bond donors (Lipinski definition) is 2. The van der Waals surface area contributed by atoms with Gasteiger partial charge in [0, 0.05) is 10.0 Å². The molecule has 0 radical (unpaired) electrons. The smallest absolute Gasteiger partial charge is 0.256 e. The molecule has 0 aliphatic rings. The number of hydrogen-bond acceptors (Lipinski definition) is 2. The van der Waals surface area contributed by atoms with Crippen LogP contribution in [-0.2, 0) is 0 Å². The van der Waals surface area contributed by atoms with E-state index in [-0.39, 0.29) is 11.4 Å². The second-order valence-electron chi connectivity index (χ2n) is 4.24. The fraction of sp³-hybridized carbons (Fsp3) is 0.0714. The maximum atomic E-state index is 13.6. The molecule has 0 aliphatic heterocycles. The van der Waals surface area contributed by atoms with Crippen molar-refractivity contribution in [2.24, 2.45) is 0 Å². The van der Waals surface area contributed by atoms with Gasteiger partial charge in [-0.1, -0.05) is 22.0 Å². The van der Waals surface area contributed by atoms with Crippen molar-refractivity contribution in [3.8, 4) is 0 Å². The first-order valence-electron chi connectivity index (χ1n) is 5.71. The van der Waals surface area contributed by atoms with Crippen LogP contribution in [0, 0.1) is 18.6 Å². The third-order valence-electron chi connectivity index (χ3n) is 2.81. The van der Waals surface area contributed by atoms with Gasteiger partial charge in [-0.25, -0.2) is 8.78 Å². The molecule has 0 unspecified atom stereocenters. The largest absolute Gasteiger partial charge is 0.397 e. The molecule has 0 atom stereocenters. The number of amides is 1. The lowest BCUT2D eigenvalue weighted by molar-refractivity contribution is 0.102. The van der Waals surface area contributed by atoms with Crippen molar-refractivity contribution < 1.29 is 13.6 Å². The molecule has 0 fully saturated rings. The lowest BCUT2D eigenvalue weighted by atomic mass is 10.1. The molecule has 3 nitrogen and oxygen atoms in total. The van der Waals surface area contributed by atoms with E-state index in [1.807, 2.05) is 0 Å². The van der Waals surface area contributed by atoms with E-state index in [0.717, 1.165) is 6.07 Å². The highest BCUT2D eigenvalue weighted by atomic mass is 79.9. The third kappa shape index (κ3) is 2.80. The number of nitrogens with two attached hydrogens (primary N) is 1. The summed E-state index contributed by atoms with van der Waals surface area (Å²) >= 11 is 3.25. The van der Waals surface area contributed by atoms with Crippen LogP contribution in [0.1, 0.15) is 15.9 Å². The van der Waals surface area contributed by atoms with E-state index in [1.54, 1.807) is 25.1 Å². The number of carbonyl (C=O) groups excluding carboxylic acids is 1. The second kappa shape index (κ2) is 5.58. The average molecular weight is 341 g/mol. The molecule has 2 aromatic carbocycles. The first-order chi connectivity index (χ1) is 9.40. The van der Waals surface area contributed by atoms with Gasteiger partial charge < -0.3 is 11.1 Å². The molecule has 2 rings (SSSR count). The number of halogens is 3. The van der Waals surface area contributed by atoms with E-state index in [2.05, 4.69) is 21.2 Å². The first kappa shape index (κ1) is 14.5. The van der Waals surface area contributed by atoms with Crippen LogP contribution in [0.25, 0.3) is 0 Å². The van der Waals surface area contributed by atoms with Gasteiger partial charge in [-0.3, -0.25) is 4.79 Å². The maximum Gasteiger partial charge on any atom is 0.256 e. The van der Waals surface area contributed by atoms with E-state index in [9.17, 15) is 13.6 Å². The molecule has 0 bridgehead atoms. The molecule has 0 saturated heterocycles. The third-order valence-corrected chi connectivity index (χ3v) is 3.30. The Balaban J connectivity index is 2.38. The Bertz CT molecular complexity index is 689. The molecule has 3 N–H and O–H groups in total. The van der Waals surface area contributed by atoms with Gasteiger partial charge in [-0.05, 0) is 36.8 Å². The van der Waals surface area contributed by atoms with Gasteiger partial charge in [0.25, 0.3) is 5.91 Å². The van der Waals surface area contributed by atoms with Gasteiger partial charge >= 0.3 is 0 Å². The van der Waals surface area contributed by atoms with Crippen molar-refractivity contribution in [3.05, 3.63) is 57.6 Å². The minimum Gasteiger partial charge on any atom is -0.397 e. The second-order valence-corrected chi connectivity index (χ2v) is 5.15. The predicted octanol–water partition coefficient (Wildman–Crippen LogP) is 3.87. The number of carbonyl (C=O) groups is 1. The molecule has 20 heavy (non-hydrogen) atoms. The summed E-state index contributed by atoms with van der Waals surface area (Å²) in [5.41, 5.74) is 6.22. The molecule has 1 amide bonds. The first-order valence-corrected chi connectivity index (χ1v) is 6.50. The van der Waals surface area contributed by atoms with Crippen molar-refractivity contribution in [1.29, 1.82) is 0 Å². The van der Waals surface area contributed by atoms with Crippen LogP contribution in [0.4, 0.5) is 20.2 Å². The van der Waals surface area contributed by atoms with Crippen LogP contribution in [0.15, 0.2) is 34.8 Å². The normalized spacial score (nSPS) is 10.4. The van der Waals surface area contributed by atoms with Crippen LogP contribution in [-0.4, -0.2) is 5.91 Å². The number of nitrogens with one attached hydrogen (secondary N) is 1. The Hall–Kier alpha value is -1.95. The van der Waals surface area contributed by atoms with Crippen molar-refractivity contribution in [3.63, 3.8) is 0 Å². The maximum absolute atomic E-state index is 13.6. The number of nitrogen functional groups attached to an aromatic ring is 1. The Kier molecular flexibility index (Phi) is 4.04. The molecular formula is C14H11BrF2N2O. The molecule has 0 saturated carbocycles. The van der Waals surface area contributed by atoms with E-state index < -0.39 is 17.5 Å². The number of rotatable bonds is 2. The van der Waals surface area contributed by atoms with Crippen LogP contribution < -0.4 is 11.1 Å². The highest BCUT2D eigenvalue weighted by Crippen LogP contribution is 2.26. The van der Waals surface area contributed by atoms with E-state index in [1.165, 1.54) is 6.07 Å². The number of benzene rings is 2. The summed E-state index contributed by atoms with van der Waals surface area (Å²) in [7, 11) is 0. The average Bonchev–Trinajstić information content (AvgIpc) is 2.41. The standard InChI is InChI=1S/C14H11BrF2N2O/c1-7-2-3-8(15)6-9(7)14(20)19-13-11(18)5-4-10(16)12(13)17/h2-6H,18H2,1H3,(H,19,20). The predicted molar refractivity (Wildman–Crippen MR) is 77.6 cm³/mol. The molecule has 6 heteroatoms. The summed E-state index contributed by atoms with van der Waals surface area (Å²) in [6, 6.07) is 7.22. The number of anilines is 2. The monoisotopic (exact) mass is 340 g/mol. The summed E-state index contributed by atoms with van der Waals surface area (Å²) in [5, 5.41) is 2.30. The van der Waals surface area contributed by atoms with E-state index in [0.29, 0.717) is 15.6 Å². The lowest BCUT2D eigenvalue weighted by Gasteiger charge is -2.11. The van der Waals surface area contributed by atoms with Crippen molar-refractivity contribution in [1.82, 2.24) is 0 Å². The lowest BCUT2D eigenvalue weighted by Crippen LogP contribution is -2.16. The zero-order valence-corrected chi connectivity index (χ0v) is 12.1. The molecule has 0 aliphatic carbocycles. The topological polar surface area (TPSA) is 55.1 Å². The summed E-state index contributed by atoms with van der Waals surface area (Å²) in [6.07, 6.45) is 0. The fourth-order valence-corrected chi connectivity index (χ4v) is 2.07. The molecule has 0 spiro atoms. The Morgan fingerprint density at radius 3 is 2.65 bits per heavy atom. The molecule has 2 aromatic rings. The Morgan fingerprint density at radius 2 is 1.95 bits per heavy atom. The van der Waals surface area contributed by atoms with E-state index in [4.69, 9.17) is 5.73 Å². The highest BCUT2D eigenvalue weighted by molar-refractivity contribution is 9.10. The molecule has 0 heterocycles. The van der Waals surface area contributed by atoms with Crippen LogP contribution in [0.2, 0.25) is 0 Å². The summed E-state index contributed by atoms with van der Waals surface area (Å²) in [6.45, 7) is 1.74. The van der Waals surface area contributed by atoms with Gasteiger partial charge in [0.05, 0.1) is 5.69 Å². The van der Waals surface area contributed by atoms with Gasteiger partial charge in [-0.2, -0.15) is 0 Å². The molecular weight excluding hydrogens is 330 g/mol. The van der Waals surface area contributed by atoms with Gasteiger partial charge in [-0.15, -0.1) is 0 Å². The molecule has 104 valence electrons. The Labute approximate surface area is 122 Å². The van der Waals surface area contributed by atoms with E-state index >= 15 is 0 Å². The van der Waals surface area contributed by atoms with Crippen LogP contribution in [0.3, 0.4) is 0 Å². The van der Waals surface area contributed by atoms with Crippen LogP contribution >= 0.6 is 15.9 Å². The zero-order valence-electron chi connectivity index (χ0n) is 10.5. The van der Waals surface area contributed by atoms with Crippen molar-refractivity contribution in [2.75, 3.05) is 11.1 Å².